The van der Waals surface area contributed by atoms with Crippen molar-refractivity contribution in [1.29, 1.82) is 0 Å². The first-order chi connectivity index (χ1) is 35.5. The first-order valence-corrected chi connectivity index (χ1v) is 32.3. The van der Waals surface area contributed by atoms with Crippen molar-refractivity contribution in [2.24, 2.45) is 0 Å². The molecule has 6 heteroatoms. The van der Waals surface area contributed by atoms with Gasteiger partial charge in [0.15, 0.2) is 6.10 Å². The van der Waals surface area contributed by atoms with Gasteiger partial charge < -0.3 is 14.2 Å². The van der Waals surface area contributed by atoms with Gasteiger partial charge in [0.05, 0.1) is 0 Å². The van der Waals surface area contributed by atoms with Gasteiger partial charge in [-0.3, -0.25) is 14.4 Å². The number of allylic oxidation sites excluding steroid dienone is 4. The predicted octanol–water partition coefficient (Wildman–Crippen LogP) is 21.8. The van der Waals surface area contributed by atoms with Crippen molar-refractivity contribution in [3.8, 4) is 0 Å². The number of ether oxygens (including phenoxy) is 3. The molecule has 0 aliphatic carbocycles. The van der Waals surface area contributed by atoms with Crippen LogP contribution >= 0.6 is 0 Å². The van der Waals surface area contributed by atoms with E-state index in [1.54, 1.807) is 0 Å². The van der Waals surface area contributed by atoms with Crippen molar-refractivity contribution in [2.75, 3.05) is 13.2 Å². The lowest BCUT2D eigenvalue weighted by molar-refractivity contribution is -0.167. The Kier molecular flexibility index (Phi) is 59.6. The van der Waals surface area contributed by atoms with Gasteiger partial charge in [-0.2, -0.15) is 0 Å². The van der Waals surface area contributed by atoms with Gasteiger partial charge in [-0.15, -0.1) is 0 Å². The van der Waals surface area contributed by atoms with E-state index in [9.17, 15) is 14.4 Å². The molecule has 6 nitrogen and oxygen atoms in total. The van der Waals surface area contributed by atoms with Crippen LogP contribution in [0.25, 0.3) is 0 Å². The van der Waals surface area contributed by atoms with Crippen molar-refractivity contribution >= 4 is 17.9 Å². The van der Waals surface area contributed by atoms with Crippen LogP contribution in [-0.2, 0) is 28.6 Å². The Hall–Kier alpha value is -2.11. The smallest absolute Gasteiger partial charge is 0.306 e. The predicted molar refractivity (Wildman–Crippen MR) is 312 cm³/mol. The van der Waals surface area contributed by atoms with E-state index in [-0.39, 0.29) is 31.1 Å². The molecule has 0 aromatic heterocycles. The molecule has 0 bridgehead atoms. The third kappa shape index (κ3) is 58.8. The molecule has 0 radical (unpaired) electrons. The molecule has 1 unspecified atom stereocenters. The monoisotopic (exact) mass is 1010 g/mol. The lowest BCUT2D eigenvalue weighted by atomic mass is 10.0. The van der Waals surface area contributed by atoms with Gasteiger partial charge in [-0.1, -0.05) is 295 Å². The zero-order valence-corrected chi connectivity index (χ0v) is 48.7. The molecule has 0 N–H and O–H groups in total. The van der Waals surface area contributed by atoms with Gasteiger partial charge in [-0.05, 0) is 70.6 Å². The largest absolute Gasteiger partial charge is 0.462 e. The Labute approximate surface area is 449 Å². The number of rotatable bonds is 60. The maximum Gasteiger partial charge on any atom is 0.306 e. The number of hydrogen-bond acceptors (Lipinski definition) is 6. The highest BCUT2D eigenvalue weighted by Gasteiger charge is 2.19. The van der Waals surface area contributed by atoms with Crippen molar-refractivity contribution in [1.82, 2.24) is 0 Å². The van der Waals surface area contributed by atoms with E-state index in [2.05, 4.69) is 45.1 Å². The minimum atomic E-state index is -0.769. The van der Waals surface area contributed by atoms with Crippen molar-refractivity contribution in [3.63, 3.8) is 0 Å². The van der Waals surface area contributed by atoms with E-state index >= 15 is 0 Å². The van der Waals surface area contributed by atoms with Crippen molar-refractivity contribution in [3.05, 3.63) is 24.3 Å². The van der Waals surface area contributed by atoms with Crippen LogP contribution in [-0.4, -0.2) is 37.2 Å². The van der Waals surface area contributed by atoms with E-state index in [4.69, 9.17) is 14.2 Å². The molecule has 1 atom stereocenters. The maximum absolute atomic E-state index is 12.9. The molecule has 0 spiro atoms. The highest BCUT2D eigenvalue weighted by Crippen LogP contribution is 2.17. The Morgan fingerprint density at radius 2 is 0.458 bits per heavy atom. The molecule has 0 rings (SSSR count). The van der Waals surface area contributed by atoms with Gasteiger partial charge >= 0.3 is 17.9 Å². The van der Waals surface area contributed by atoms with Gasteiger partial charge in [-0.25, -0.2) is 0 Å². The van der Waals surface area contributed by atoms with Crippen LogP contribution in [0.5, 0.6) is 0 Å². The Bertz CT molecular complexity index is 1160. The summed E-state index contributed by atoms with van der Waals surface area (Å²) in [5, 5.41) is 0. The molecular formula is C66H124O6. The van der Waals surface area contributed by atoms with E-state index in [1.165, 1.54) is 263 Å². The Morgan fingerprint density at radius 3 is 0.694 bits per heavy atom. The average Bonchev–Trinajstić information content (AvgIpc) is 3.38. The highest BCUT2D eigenvalue weighted by atomic mass is 16.6. The van der Waals surface area contributed by atoms with E-state index in [1.807, 2.05) is 0 Å². The zero-order valence-electron chi connectivity index (χ0n) is 48.7. The second-order valence-corrected chi connectivity index (χ2v) is 22.0. The minimum Gasteiger partial charge on any atom is -0.462 e. The quantitative estimate of drug-likeness (QED) is 0.0261. The lowest BCUT2D eigenvalue weighted by Crippen LogP contribution is -2.30. The molecule has 0 heterocycles. The van der Waals surface area contributed by atoms with Crippen LogP contribution in [0.15, 0.2) is 24.3 Å². The van der Waals surface area contributed by atoms with E-state index in [0.717, 1.165) is 57.8 Å². The van der Waals surface area contributed by atoms with Gasteiger partial charge in [0.2, 0.25) is 0 Å². The fourth-order valence-electron chi connectivity index (χ4n) is 9.79. The average molecular weight is 1010 g/mol. The second kappa shape index (κ2) is 61.4. The zero-order chi connectivity index (χ0) is 52.2. The lowest BCUT2D eigenvalue weighted by Gasteiger charge is -2.18. The van der Waals surface area contributed by atoms with E-state index < -0.39 is 6.10 Å². The summed E-state index contributed by atoms with van der Waals surface area (Å²) in [5.74, 6) is -0.845. The molecule has 0 aromatic carbocycles. The van der Waals surface area contributed by atoms with Crippen LogP contribution < -0.4 is 0 Å². The topological polar surface area (TPSA) is 78.9 Å². The van der Waals surface area contributed by atoms with Crippen LogP contribution in [0.2, 0.25) is 0 Å². The van der Waals surface area contributed by atoms with Gasteiger partial charge in [0, 0.05) is 19.3 Å². The summed E-state index contributed by atoms with van der Waals surface area (Å²) in [7, 11) is 0. The first kappa shape index (κ1) is 69.9. The fraction of sp³-hybridized carbons (Fsp3) is 0.894. The number of hydrogen-bond donors (Lipinski definition) is 0. The summed E-state index contributed by atoms with van der Waals surface area (Å²) < 4.78 is 16.9. The molecule has 0 amide bonds. The summed E-state index contributed by atoms with van der Waals surface area (Å²) in [4.78, 5) is 38.3. The molecule has 0 aliphatic heterocycles. The summed E-state index contributed by atoms with van der Waals surface area (Å²) in [5.41, 5.74) is 0. The van der Waals surface area contributed by atoms with Gasteiger partial charge in [0.25, 0.3) is 0 Å². The Balaban J connectivity index is 4.25. The minimum absolute atomic E-state index is 0.0671. The summed E-state index contributed by atoms with van der Waals surface area (Å²) in [6.45, 7) is 6.69. The van der Waals surface area contributed by atoms with Crippen LogP contribution in [0, 0.1) is 0 Å². The summed E-state index contributed by atoms with van der Waals surface area (Å²) in [6, 6.07) is 0. The Morgan fingerprint density at radius 1 is 0.264 bits per heavy atom. The third-order valence-electron chi connectivity index (χ3n) is 14.7. The van der Waals surface area contributed by atoms with E-state index in [0.29, 0.717) is 19.3 Å². The fourth-order valence-corrected chi connectivity index (χ4v) is 9.79. The molecule has 0 aliphatic rings. The second-order valence-electron chi connectivity index (χ2n) is 22.0. The van der Waals surface area contributed by atoms with Crippen LogP contribution in [0.4, 0.5) is 0 Å². The molecule has 0 saturated heterocycles. The number of esters is 3. The SMILES string of the molecule is CCCCCCCC/C=C\CCCCCCCCCCCC(=O)OC(COC(=O)CCCCCCCCCCCCCC)COC(=O)CCCCCCCCCCCCC/C=C\CCCCCCCCCC. The third-order valence-corrected chi connectivity index (χ3v) is 14.7. The molecule has 424 valence electrons. The first-order valence-electron chi connectivity index (χ1n) is 32.3. The molecule has 0 saturated carbocycles. The molecule has 72 heavy (non-hydrogen) atoms. The highest BCUT2D eigenvalue weighted by molar-refractivity contribution is 5.71. The summed E-state index contributed by atoms with van der Waals surface area (Å²) >= 11 is 0. The van der Waals surface area contributed by atoms with Crippen molar-refractivity contribution < 1.29 is 28.6 Å². The molecule has 0 aromatic rings. The normalized spacial score (nSPS) is 12.1. The van der Waals surface area contributed by atoms with Crippen LogP contribution in [0.1, 0.15) is 361 Å². The van der Waals surface area contributed by atoms with Gasteiger partial charge in [0.1, 0.15) is 13.2 Å². The molecular weight excluding hydrogens is 889 g/mol. The van der Waals surface area contributed by atoms with Crippen molar-refractivity contribution in [2.45, 2.75) is 367 Å². The number of unbranched alkanes of at least 4 members (excludes halogenated alkanes) is 45. The number of carbonyl (C=O) groups is 3. The maximum atomic E-state index is 12.9. The summed E-state index contributed by atoms with van der Waals surface area (Å²) in [6.07, 6.45) is 73.3. The molecule has 0 fully saturated rings. The number of carbonyl (C=O) groups excluding carboxylic acids is 3. The van der Waals surface area contributed by atoms with Crippen LogP contribution in [0.3, 0.4) is 0 Å². The standard InChI is InChI=1S/C66H124O6/c1-4-7-10-13-16-19-22-25-27-29-31-32-33-34-36-37-39-41-44-47-50-53-56-59-65(68)71-62-63(61-70-64(67)58-55-52-49-46-43-24-21-18-15-12-9-6-3)72-66(69)60-57-54-51-48-45-42-40-38-35-30-28-26-23-20-17-14-11-8-5-2/h26,28-29,31,63H,4-25,27,30,32-62H2,1-3H3/b28-26-,31-29-.